The van der Waals surface area contributed by atoms with Gasteiger partial charge in [0.25, 0.3) is 0 Å². The minimum atomic E-state index is -0.670. The van der Waals surface area contributed by atoms with E-state index < -0.39 is 5.97 Å². The molecule has 1 N–H and O–H groups in total. The number of nitrogens with zero attached hydrogens (tertiary/aromatic N) is 3. The van der Waals surface area contributed by atoms with Gasteiger partial charge in [-0.05, 0) is 19.3 Å². The fraction of sp³-hybridized carbons (Fsp3) is 0.812. The van der Waals surface area contributed by atoms with Gasteiger partial charge < -0.3 is 5.11 Å². The third kappa shape index (κ3) is 10.0. The standard InChI is InChI=1S/C16H29N3O2/c1-19-14-15(17-18-19)12-10-8-6-4-2-3-5-7-9-11-13-16(20)21/h14H,2-13H2,1H3,(H,20,21). The van der Waals surface area contributed by atoms with E-state index in [2.05, 4.69) is 10.3 Å². The number of rotatable bonds is 13. The molecule has 0 saturated heterocycles. The molecule has 5 heteroatoms. The lowest BCUT2D eigenvalue weighted by Crippen LogP contribution is -1.93. The first-order chi connectivity index (χ1) is 10.2. The predicted molar refractivity (Wildman–Crippen MR) is 83.1 cm³/mol. The Labute approximate surface area is 127 Å². The summed E-state index contributed by atoms with van der Waals surface area (Å²) in [4.78, 5) is 10.3. The Morgan fingerprint density at radius 3 is 2.00 bits per heavy atom. The molecule has 1 rings (SSSR count). The van der Waals surface area contributed by atoms with Crippen LogP contribution < -0.4 is 0 Å². The van der Waals surface area contributed by atoms with Crippen LogP contribution in [0.5, 0.6) is 0 Å². The van der Waals surface area contributed by atoms with E-state index in [1.807, 2.05) is 13.2 Å². The topological polar surface area (TPSA) is 68.0 Å². The Hall–Kier alpha value is -1.39. The van der Waals surface area contributed by atoms with Crippen LogP contribution >= 0.6 is 0 Å². The van der Waals surface area contributed by atoms with Crippen LogP contribution in [-0.2, 0) is 18.3 Å². The van der Waals surface area contributed by atoms with E-state index >= 15 is 0 Å². The maximum absolute atomic E-state index is 10.3. The second kappa shape index (κ2) is 11.3. The molecule has 21 heavy (non-hydrogen) atoms. The van der Waals surface area contributed by atoms with Crippen molar-refractivity contribution in [1.29, 1.82) is 0 Å². The van der Waals surface area contributed by atoms with Crippen molar-refractivity contribution in [2.24, 2.45) is 7.05 Å². The summed E-state index contributed by atoms with van der Waals surface area (Å²) in [5, 5.41) is 16.5. The van der Waals surface area contributed by atoms with Gasteiger partial charge in [0.15, 0.2) is 0 Å². The van der Waals surface area contributed by atoms with Crippen molar-refractivity contribution >= 4 is 5.97 Å². The number of aliphatic carboxylic acids is 1. The van der Waals surface area contributed by atoms with Gasteiger partial charge in [-0.15, -0.1) is 5.10 Å². The number of aryl methyl sites for hydroxylation is 2. The normalized spacial score (nSPS) is 10.9. The average molecular weight is 295 g/mol. The Morgan fingerprint density at radius 2 is 1.52 bits per heavy atom. The highest BCUT2D eigenvalue weighted by Gasteiger charge is 1.99. The number of hydrogen-bond acceptors (Lipinski definition) is 3. The van der Waals surface area contributed by atoms with Crippen LogP contribution in [-0.4, -0.2) is 26.1 Å². The molecule has 1 aromatic heterocycles. The first-order valence-corrected chi connectivity index (χ1v) is 8.25. The van der Waals surface area contributed by atoms with E-state index in [-0.39, 0.29) is 0 Å². The van der Waals surface area contributed by atoms with E-state index in [0.29, 0.717) is 6.42 Å². The van der Waals surface area contributed by atoms with Crippen LogP contribution in [0.25, 0.3) is 0 Å². The van der Waals surface area contributed by atoms with E-state index in [1.165, 1.54) is 51.4 Å². The molecule has 0 spiro atoms. The summed E-state index contributed by atoms with van der Waals surface area (Å²) in [5.74, 6) is -0.670. The highest BCUT2D eigenvalue weighted by molar-refractivity contribution is 5.66. The molecule has 0 amide bonds. The van der Waals surface area contributed by atoms with Crippen molar-refractivity contribution in [1.82, 2.24) is 15.0 Å². The van der Waals surface area contributed by atoms with Gasteiger partial charge in [0.1, 0.15) is 0 Å². The molecule has 0 radical (unpaired) electrons. The molecule has 1 aromatic rings. The van der Waals surface area contributed by atoms with Gasteiger partial charge in [0, 0.05) is 19.7 Å². The summed E-state index contributed by atoms with van der Waals surface area (Å²) in [5.41, 5.74) is 1.10. The summed E-state index contributed by atoms with van der Waals surface area (Å²) in [7, 11) is 1.90. The number of carbonyl (C=O) groups is 1. The SMILES string of the molecule is Cn1cc(CCCCCCCCCCCCC(=O)O)nn1. The molecule has 0 unspecified atom stereocenters. The minimum absolute atomic E-state index is 0.325. The average Bonchev–Trinajstić information content (AvgIpc) is 2.85. The predicted octanol–water partition coefficient (Wildman–Crippen LogP) is 3.73. The molecule has 0 atom stereocenters. The lowest BCUT2D eigenvalue weighted by atomic mass is 10.0. The van der Waals surface area contributed by atoms with Crippen LogP contribution in [0.15, 0.2) is 6.20 Å². The van der Waals surface area contributed by atoms with Crippen molar-refractivity contribution in [2.45, 2.75) is 77.0 Å². The number of unbranched alkanes of at least 4 members (excludes halogenated alkanes) is 9. The molecule has 0 aromatic carbocycles. The third-order valence-electron chi connectivity index (χ3n) is 3.72. The summed E-state index contributed by atoms with van der Waals surface area (Å²) < 4.78 is 1.76. The van der Waals surface area contributed by atoms with Crippen LogP contribution in [0.2, 0.25) is 0 Å². The maximum atomic E-state index is 10.3. The molecule has 0 bridgehead atoms. The van der Waals surface area contributed by atoms with Crippen LogP contribution in [0.1, 0.15) is 76.3 Å². The molecule has 1 heterocycles. The largest absolute Gasteiger partial charge is 0.481 e. The molecule has 5 nitrogen and oxygen atoms in total. The quantitative estimate of drug-likeness (QED) is 0.563. The van der Waals surface area contributed by atoms with Crippen molar-refractivity contribution in [3.63, 3.8) is 0 Å². The van der Waals surface area contributed by atoms with E-state index in [0.717, 1.165) is 25.0 Å². The third-order valence-corrected chi connectivity index (χ3v) is 3.72. The van der Waals surface area contributed by atoms with E-state index in [1.54, 1.807) is 4.68 Å². The molecule has 120 valence electrons. The number of carboxylic acids is 1. The zero-order valence-corrected chi connectivity index (χ0v) is 13.3. The summed E-state index contributed by atoms with van der Waals surface area (Å²) in [6.45, 7) is 0. The molecular formula is C16H29N3O2. The van der Waals surface area contributed by atoms with Gasteiger partial charge in [-0.25, -0.2) is 0 Å². The summed E-state index contributed by atoms with van der Waals surface area (Å²) in [6, 6.07) is 0. The fourth-order valence-electron chi connectivity index (χ4n) is 2.51. The summed E-state index contributed by atoms with van der Waals surface area (Å²) in [6.07, 6.45) is 15.4. The Balaban J connectivity index is 1.77. The molecular weight excluding hydrogens is 266 g/mol. The van der Waals surface area contributed by atoms with Gasteiger partial charge in [-0.2, -0.15) is 0 Å². The highest BCUT2D eigenvalue weighted by Crippen LogP contribution is 2.12. The second-order valence-corrected chi connectivity index (χ2v) is 5.81. The smallest absolute Gasteiger partial charge is 0.303 e. The van der Waals surface area contributed by atoms with E-state index in [9.17, 15) is 4.79 Å². The van der Waals surface area contributed by atoms with Gasteiger partial charge in [-0.3, -0.25) is 9.48 Å². The van der Waals surface area contributed by atoms with Gasteiger partial charge >= 0.3 is 5.97 Å². The zero-order chi connectivity index (χ0) is 15.3. The second-order valence-electron chi connectivity index (χ2n) is 5.81. The van der Waals surface area contributed by atoms with Gasteiger partial charge in [0.05, 0.1) is 5.69 Å². The summed E-state index contributed by atoms with van der Waals surface area (Å²) >= 11 is 0. The van der Waals surface area contributed by atoms with Gasteiger partial charge in [-0.1, -0.05) is 56.6 Å². The monoisotopic (exact) mass is 295 g/mol. The number of hydrogen-bond donors (Lipinski definition) is 1. The molecule has 0 saturated carbocycles. The maximum Gasteiger partial charge on any atom is 0.303 e. The van der Waals surface area contributed by atoms with Crippen molar-refractivity contribution in [2.75, 3.05) is 0 Å². The first-order valence-electron chi connectivity index (χ1n) is 8.25. The van der Waals surface area contributed by atoms with Crippen LogP contribution in [0, 0.1) is 0 Å². The number of carboxylic acid groups (broad SMARTS) is 1. The highest BCUT2D eigenvalue weighted by atomic mass is 16.4. The fourth-order valence-corrected chi connectivity index (χ4v) is 2.51. The van der Waals surface area contributed by atoms with Crippen molar-refractivity contribution in [3.05, 3.63) is 11.9 Å². The Morgan fingerprint density at radius 1 is 1.00 bits per heavy atom. The Kier molecular flexibility index (Phi) is 9.49. The lowest BCUT2D eigenvalue weighted by molar-refractivity contribution is -0.137. The van der Waals surface area contributed by atoms with Gasteiger partial charge in [0.2, 0.25) is 0 Å². The van der Waals surface area contributed by atoms with Crippen LogP contribution in [0.4, 0.5) is 0 Å². The molecule has 0 aliphatic rings. The minimum Gasteiger partial charge on any atom is -0.481 e. The van der Waals surface area contributed by atoms with E-state index in [4.69, 9.17) is 5.11 Å². The molecule has 0 fully saturated rings. The van der Waals surface area contributed by atoms with Crippen molar-refractivity contribution < 1.29 is 9.90 Å². The molecule has 0 aliphatic heterocycles. The zero-order valence-electron chi connectivity index (χ0n) is 13.3. The number of aromatic nitrogens is 3. The van der Waals surface area contributed by atoms with Crippen molar-refractivity contribution in [3.8, 4) is 0 Å². The van der Waals surface area contributed by atoms with Crippen LogP contribution in [0.3, 0.4) is 0 Å². The lowest BCUT2D eigenvalue weighted by Gasteiger charge is -2.02. The molecule has 0 aliphatic carbocycles. The Bertz CT molecular complexity index is 391. The first kappa shape index (κ1) is 17.7.